The topological polar surface area (TPSA) is 74.8 Å². The lowest BCUT2D eigenvalue weighted by molar-refractivity contribution is -0.137. The molecule has 1 aliphatic rings. The first-order valence-corrected chi connectivity index (χ1v) is 9.67. The molecule has 0 unspecified atom stereocenters. The van der Waals surface area contributed by atoms with Crippen LogP contribution in [0.2, 0.25) is 0 Å². The van der Waals surface area contributed by atoms with Gasteiger partial charge in [0.1, 0.15) is 5.75 Å². The van der Waals surface area contributed by atoms with E-state index >= 15 is 0 Å². The third-order valence-electron chi connectivity index (χ3n) is 4.80. The minimum atomic E-state index is -4.56. The second kappa shape index (κ2) is 8.77. The Morgan fingerprint density at radius 1 is 1.03 bits per heavy atom. The Bertz CT molecular complexity index is 1190. The highest BCUT2D eigenvalue weighted by Gasteiger charge is 2.36. The van der Waals surface area contributed by atoms with Crippen LogP contribution < -0.4 is 15.0 Å². The molecule has 170 valence electrons. The first kappa shape index (κ1) is 22.1. The zero-order valence-electron chi connectivity index (χ0n) is 16.8. The van der Waals surface area contributed by atoms with Gasteiger partial charge in [-0.2, -0.15) is 13.2 Å². The van der Waals surface area contributed by atoms with Crippen molar-refractivity contribution >= 4 is 23.4 Å². The Labute approximate surface area is 185 Å². The number of hydrogen-bond donors (Lipinski definition) is 1. The molecule has 1 fully saturated rings. The number of pyridine rings is 1. The summed E-state index contributed by atoms with van der Waals surface area (Å²) in [7, 11) is 0. The van der Waals surface area contributed by atoms with Crippen LogP contribution in [0.15, 0.2) is 67.0 Å². The van der Waals surface area contributed by atoms with Crippen LogP contribution in [0.1, 0.15) is 5.56 Å². The molecule has 11 heteroatoms. The highest BCUT2D eigenvalue weighted by atomic mass is 19.4. The Morgan fingerprint density at radius 2 is 1.79 bits per heavy atom. The van der Waals surface area contributed by atoms with E-state index in [0.29, 0.717) is 5.75 Å². The maximum atomic E-state index is 14.4. The lowest BCUT2D eigenvalue weighted by Crippen LogP contribution is -2.39. The molecule has 4 rings (SSSR count). The van der Waals surface area contributed by atoms with Crippen LogP contribution in [0.5, 0.6) is 11.5 Å². The molecule has 0 saturated carbocycles. The van der Waals surface area contributed by atoms with Gasteiger partial charge in [0.05, 0.1) is 12.1 Å². The Balaban J connectivity index is 1.43. The third-order valence-corrected chi connectivity index (χ3v) is 4.80. The molecule has 2 aromatic carbocycles. The average molecular weight is 460 g/mol. The number of nitrogens with one attached hydrogen (secondary N) is 1. The van der Waals surface area contributed by atoms with Gasteiger partial charge in [-0.05, 0) is 42.5 Å². The number of imide groups is 1. The molecular weight excluding hydrogens is 444 g/mol. The summed E-state index contributed by atoms with van der Waals surface area (Å²) in [4.78, 5) is 30.9. The number of halogens is 4. The van der Waals surface area contributed by atoms with Crippen LogP contribution in [0, 0.1) is 5.82 Å². The third kappa shape index (κ3) is 4.86. The highest BCUT2D eigenvalue weighted by molar-refractivity contribution is 6.08. The second-order valence-corrected chi connectivity index (χ2v) is 6.99. The number of carbonyl (C=O) groups excluding carboxylic acids is 2. The van der Waals surface area contributed by atoms with Gasteiger partial charge in [0, 0.05) is 36.4 Å². The lowest BCUT2D eigenvalue weighted by atomic mass is 10.2. The predicted molar refractivity (Wildman–Crippen MR) is 111 cm³/mol. The van der Waals surface area contributed by atoms with Crippen LogP contribution in [0.4, 0.5) is 38.5 Å². The van der Waals surface area contributed by atoms with E-state index in [0.717, 1.165) is 28.0 Å². The summed E-state index contributed by atoms with van der Waals surface area (Å²) in [5.41, 5.74) is -0.807. The van der Waals surface area contributed by atoms with E-state index in [1.54, 1.807) is 12.1 Å². The first-order valence-electron chi connectivity index (χ1n) is 9.67. The molecule has 1 aromatic heterocycles. The van der Waals surface area contributed by atoms with Crippen LogP contribution in [-0.4, -0.2) is 35.0 Å². The number of anilines is 2. The quantitative estimate of drug-likeness (QED) is 0.522. The Morgan fingerprint density at radius 3 is 2.48 bits per heavy atom. The summed E-state index contributed by atoms with van der Waals surface area (Å²) in [6, 6.07) is 9.48. The Kier molecular flexibility index (Phi) is 5.86. The average Bonchev–Trinajstić information content (AvgIpc) is 3.17. The van der Waals surface area contributed by atoms with E-state index in [9.17, 15) is 27.2 Å². The van der Waals surface area contributed by atoms with Crippen LogP contribution in [0.25, 0.3) is 0 Å². The second-order valence-electron chi connectivity index (χ2n) is 6.99. The van der Waals surface area contributed by atoms with Gasteiger partial charge in [-0.25, -0.2) is 18.9 Å². The number of benzene rings is 2. The fraction of sp³-hybridized carbons (Fsp3) is 0.136. The fourth-order valence-corrected chi connectivity index (χ4v) is 3.20. The lowest BCUT2D eigenvalue weighted by Gasteiger charge is -2.19. The number of nitrogens with zero attached hydrogens (tertiary/aromatic N) is 3. The van der Waals surface area contributed by atoms with Gasteiger partial charge in [-0.3, -0.25) is 9.88 Å². The summed E-state index contributed by atoms with van der Waals surface area (Å²) in [5, 5.41) is 2.41. The molecule has 0 spiro atoms. The number of carbonyl (C=O) groups is 2. The van der Waals surface area contributed by atoms with Crippen molar-refractivity contribution in [2.75, 3.05) is 23.3 Å². The molecule has 0 radical (unpaired) electrons. The van der Waals surface area contributed by atoms with E-state index < -0.39 is 29.6 Å². The molecular formula is C22H16F4N4O3. The molecule has 4 amide bonds. The van der Waals surface area contributed by atoms with Crippen molar-refractivity contribution in [2.45, 2.75) is 6.18 Å². The minimum Gasteiger partial charge on any atom is -0.454 e. The summed E-state index contributed by atoms with van der Waals surface area (Å²) >= 11 is 0. The maximum absolute atomic E-state index is 14.4. The predicted octanol–water partition coefficient (Wildman–Crippen LogP) is 5.51. The molecule has 7 nitrogen and oxygen atoms in total. The molecule has 0 atom stereocenters. The summed E-state index contributed by atoms with van der Waals surface area (Å²) < 4.78 is 58.7. The first-order chi connectivity index (χ1) is 15.7. The van der Waals surface area contributed by atoms with E-state index in [1.807, 2.05) is 0 Å². The number of aromatic nitrogens is 1. The van der Waals surface area contributed by atoms with Gasteiger partial charge >= 0.3 is 18.2 Å². The maximum Gasteiger partial charge on any atom is 0.416 e. The molecule has 3 aromatic rings. The molecule has 1 saturated heterocycles. The van der Waals surface area contributed by atoms with Crippen LogP contribution in [-0.2, 0) is 6.18 Å². The SMILES string of the molecule is O=C(Nc1ccc(Oc2ccncc2)c(F)c1)N1CCN(c2cccc(C(F)(F)F)c2)C1=O. The highest BCUT2D eigenvalue weighted by Crippen LogP contribution is 2.33. The van der Waals surface area contributed by atoms with Crippen molar-refractivity contribution in [1.29, 1.82) is 0 Å². The van der Waals surface area contributed by atoms with E-state index in [2.05, 4.69) is 10.3 Å². The van der Waals surface area contributed by atoms with Gasteiger partial charge in [0.25, 0.3) is 0 Å². The normalized spacial score (nSPS) is 13.9. The summed E-state index contributed by atoms with van der Waals surface area (Å²) in [6.07, 6.45) is -1.59. The van der Waals surface area contributed by atoms with Gasteiger partial charge < -0.3 is 10.1 Å². The van der Waals surface area contributed by atoms with Crippen LogP contribution in [0.3, 0.4) is 0 Å². The van der Waals surface area contributed by atoms with Crippen molar-refractivity contribution < 1.29 is 31.9 Å². The molecule has 0 bridgehead atoms. The van der Waals surface area contributed by atoms with Crippen molar-refractivity contribution in [3.8, 4) is 11.5 Å². The van der Waals surface area contributed by atoms with E-state index in [4.69, 9.17) is 4.74 Å². The molecule has 1 N–H and O–H groups in total. The van der Waals surface area contributed by atoms with Crippen molar-refractivity contribution in [1.82, 2.24) is 9.88 Å². The molecule has 2 heterocycles. The zero-order valence-corrected chi connectivity index (χ0v) is 16.8. The molecule has 1 aliphatic heterocycles. The number of rotatable bonds is 4. The minimum absolute atomic E-state index is 0.0145. The van der Waals surface area contributed by atoms with Crippen LogP contribution >= 0.6 is 0 Å². The van der Waals surface area contributed by atoms with Gasteiger partial charge in [-0.15, -0.1) is 0 Å². The molecule has 0 aliphatic carbocycles. The molecule has 33 heavy (non-hydrogen) atoms. The monoisotopic (exact) mass is 460 g/mol. The van der Waals surface area contributed by atoms with E-state index in [-0.39, 0.29) is 30.2 Å². The van der Waals surface area contributed by atoms with Crippen molar-refractivity contribution in [3.05, 3.63) is 78.4 Å². The Hall–Kier alpha value is -4.15. The standard InChI is InChI=1S/C22H16F4N4O3/c23-18-13-15(4-5-19(18)33-17-6-8-27-9-7-17)28-20(31)30-11-10-29(21(30)32)16-3-1-2-14(12-16)22(24,25)26/h1-9,12-13H,10-11H2,(H,28,31). The zero-order chi connectivity index (χ0) is 23.6. The largest absolute Gasteiger partial charge is 0.454 e. The van der Waals surface area contributed by atoms with Crippen molar-refractivity contribution in [2.24, 2.45) is 0 Å². The number of urea groups is 2. The van der Waals surface area contributed by atoms with E-state index in [1.165, 1.54) is 36.7 Å². The fourth-order valence-electron chi connectivity index (χ4n) is 3.20. The van der Waals surface area contributed by atoms with Gasteiger partial charge in [0.2, 0.25) is 0 Å². The number of alkyl halides is 3. The number of amides is 4. The number of ether oxygens (including phenoxy) is 1. The number of hydrogen-bond acceptors (Lipinski definition) is 4. The van der Waals surface area contributed by atoms with Gasteiger partial charge in [0.15, 0.2) is 11.6 Å². The smallest absolute Gasteiger partial charge is 0.416 e. The van der Waals surface area contributed by atoms with Crippen molar-refractivity contribution in [3.63, 3.8) is 0 Å². The van der Waals surface area contributed by atoms with Gasteiger partial charge in [-0.1, -0.05) is 6.07 Å². The summed E-state index contributed by atoms with van der Waals surface area (Å²) in [5.74, 6) is -0.451. The summed E-state index contributed by atoms with van der Waals surface area (Å²) in [6.45, 7) is -0.0345.